The highest BCUT2D eigenvalue weighted by atomic mass is 35.5. The number of furan rings is 1. The molecular weight excluding hydrogens is 282 g/mol. The molecule has 3 aromatic heterocycles. The van der Waals surface area contributed by atoms with E-state index in [2.05, 4.69) is 15.3 Å². The molecule has 96 valence electrons. The van der Waals surface area contributed by atoms with Crippen molar-refractivity contribution in [1.82, 2.24) is 9.97 Å². The normalized spacial score (nSPS) is 12.3. The van der Waals surface area contributed by atoms with Crippen LogP contribution in [0, 0.1) is 0 Å². The molecule has 19 heavy (non-hydrogen) atoms. The van der Waals surface area contributed by atoms with Crippen LogP contribution >= 0.6 is 22.9 Å². The van der Waals surface area contributed by atoms with Crippen LogP contribution in [0.15, 0.2) is 53.7 Å². The molecule has 6 heteroatoms. The minimum Gasteiger partial charge on any atom is -0.467 e. The molecule has 0 fully saturated rings. The largest absolute Gasteiger partial charge is 0.467 e. The Labute approximate surface area is 119 Å². The van der Waals surface area contributed by atoms with E-state index in [-0.39, 0.29) is 6.04 Å². The van der Waals surface area contributed by atoms with Crippen molar-refractivity contribution in [3.8, 4) is 0 Å². The number of halogens is 1. The van der Waals surface area contributed by atoms with Gasteiger partial charge in [-0.25, -0.2) is 9.97 Å². The van der Waals surface area contributed by atoms with Crippen LogP contribution in [0.25, 0.3) is 0 Å². The van der Waals surface area contributed by atoms with Crippen molar-refractivity contribution < 1.29 is 4.42 Å². The van der Waals surface area contributed by atoms with Crippen LogP contribution < -0.4 is 5.32 Å². The van der Waals surface area contributed by atoms with Crippen molar-refractivity contribution in [3.63, 3.8) is 0 Å². The van der Waals surface area contributed by atoms with Gasteiger partial charge < -0.3 is 9.73 Å². The summed E-state index contributed by atoms with van der Waals surface area (Å²) in [4.78, 5) is 9.06. The van der Waals surface area contributed by atoms with E-state index in [1.165, 1.54) is 17.7 Å². The summed E-state index contributed by atoms with van der Waals surface area (Å²) in [5, 5.41) is 3.34. The lowest BCUT2D eigenvalue weighted by Crippen LogP contribution is -2.10. The van der Waals surface area contributed by atoms with Crippen LogP contribution in [0.5, 0.6) is 0 Å². The van der Waals surface area contributed by atoms with Crippen molar-refractivity contribution in [2.45, 2.75) is 6.04 Å². The van der Waals surface area contributed by atoms with Gasteiger partial charge in [0.1, 0.15) is 18.1 Å². The van der Waals surface area contributed by atoms with Gasteiger partial charge in [0.05, 0.1) is 28.7 Å². The van der Waals surface area contributed by atoms with Crippen LogP contribution in [0.4, 0.5) is 5.69 Å². The molecule has 0 aromatic carbocycles. The van der Waals surface area contributed by atoms with E-state index >= 15 is 0 Å². The minimum absolute atomic E-state index is 0.0986. The van der Waals surface area contributed by atoms with Crippen molar-refractivity contribution in [2.75, 3.05) is 5.32 Å². The Morgan fingerprint density at radius 3 is 2.68 bits per heavy atom. The summed E-state index contributed by atoms with van der Waals surface area (Å²) < 4.78 is 6.24. The maximum Gasteiger partial charge on any atom is 0.131 e. The first-order valence-electron chi connectivity index (χ1n) is 5.63. The molecule has 0 saturated carbocycles. The Morgan fingerprint density at radius 1 is 1.21 bits per heavy atom. The number of nitrogens with zero attached hydrogens (tertiary/aromatic N) is 2. The Morgan fingerprint density at radius 2 is 2.05 bits per heavy atom. The second-order valence-electron chi connectivity index (χ2n) is 3.86. The highest BCUT2D eigenvalue weighted by Gasteiger charge is 2.18. The van der Waals surface area contributed by atoms with Gasteiger partial charge in [0, 0.05) is 4.88 Å². The molecule has 3 aromatic rings. The van der Waals surface area contributed by atoms with Crippen molar-refractivity contribution in [1.29, 1.82) is 0 Å². The summed E-state index contributed by atoms with van der Waals surface area (Å²) in [5.74, 6) is 0.822. The maximum atomic E-state index is 6.00. The fourth-order valence-electron chi connectivity index (χ4n) is 1.76. The number of thiophene rings is 1. The zero-order valence-corrected chi connectivity index (χ0v) is 11.4. The third kappa shape index (κ3) is 2.77. The van der Waals surface area contributed by atoms with Gasteiger partial charge in [-0.15, -0.1) is 11.3 Å². The summed E-state index contributed by atoms with van der Waals surface area (Å²) in [7, 11) is 0. The van der Waals surface area contributed by atoms with E-state index in [0.717, 1.165) is 20.7 Å². The van der Waals surface area contributed by atoms with Gasteiger partial charge in [-0.05, 0) is 24.3 Å². The van der Waals surface area contributed by atoms with Gasteiger partial charge in [0.25, 0.3) is 0 Å². The number of rotatable bonds is 4. The third-order valence-electron chi connectivity index (χ3n) is 2.58. The summed E-state index contributed by atoms with van der Waals surface area (Å²) >= 11 is 7.52. The average molecular weight is 292 g/mol. The highest BCUT2D eigenvalue weighted by molar-refractivity contribution is 7.16. The van der Waals surface area contributed by atoms with E-state index in [4.69, 9.17) is 16.0 Å². The molecule has 0 aliphatic rings. The van der Waals surface area contributed by atoms with Crippen LogP contribution in [0.3, 0.4) is 0 Å². The summed E-state index contributed by atoms with van der Waals surface area (Å²) in [6.45, 7) is 0. The molecule has 0 radical (unpaired) electrons. The van der Waals surface area contributed by atoms with E-state index < -0.39 is 0 Å². The van der Waals surface area contributed by atoms with E-state index in [0.29, 0.717) is 0 Å². The first-order valence-corrected chi connectivity index (χ1v) is 6.82. The molecule has 0 aliphatic heterocycles. The lowest BCUT2D eigenvalue weighted by Gasteiger charge is -2.15. The summed E-state index contributed by atoms with van der Waals surface area (Å²) in [5.41, 5.74) is 0.827. The zero-order valence-electron chi connectivity index (χ0n) is 9.79. The Balaban J connectivity index is 1.93. The Bertz CT molecular complexity index is 639. The van der Waals surface area contributed by atoms with Gasteiger partial charge in [-0.1, -0.05) is 11.6 Å². The molecule has 1 atom stereocenters. The van der Waals surface area contributed by atoms with Gasteiger partial charge in [-0.2, -0.15) is 0 Å². The van der Waals surface area contributed by atoms with Crippen LogP contribution in [-0.4, -0.2) is 9.97 Å². The predicted molar refractivity (Wildman–Crippen MR) is 75.5 cm³/mol. The van der Waals surface area contributed by atoms with Crippen molar-refractivity contribution in [2.24, 2.45) is 0 Å². The number of aromatic nitrogens is 2. The first kappa shape index (κ1) is 12.2. The maximum absolute atomic E-state index is 6.00. The lowest BCUT2D eigenvalue weighted by atomic mass is 10.2. The van der Waals surface area contributed by atoms with Crippen LogP contribution in [-0.2, 0) is 0 Å². The molecule has 3 heterocycles. The number of nitrogens with one attached hydrogen (secondary N) is 1. The van der Waals surface area contributed by atoms with Gasteiger partial charge in [0.2, 0.25) is 0 Å². The van der Waals surface area contributed by atoms with E-state index in [1.807, 2.05) is 24.3 Å². The molecule has 1 N–H and O–H groups in total. The molecular formula is C13H10ClN3OS. The Hall–Kier alpha value is -1.85. The second kappa shape index (κ2) is 5.42. The van der Waals surface area contributed by atoms with E-state index in [9.17, 15) is 0 Å². The van der Waals surface area contributed by atoms with E-state index in [1.54, 1.807) is 18.7 Å². The SMILES string of the molecule is Clc1ccc(C(Nc2cncnc2)c2ccco2)s1. The molecule has 4 nitrogen and oxygen atoms in total. The number of hydrogen-bond donors (Lipinski definition) is 1. The fraction of sp³-hybridized carbons (Fsp3) is 0.0769. The summed E-state index contributed by atoms with van der Waals surface area (Å²) in [6.07, 6.45) is 6.59. The van der Waals surface area contributed by atoms with Crippen molar-refractivity contribution >= 4 is 28.6 Å². The Kier molecular flexibility index (Phi) is 3.48. The standard InChI is InChI=1S/C13H10ClN3OS/c14-12-4-3-11(19-12)13(10-2-1-5-18-10)17-9-6-15-8-16-7-9/h1-8,13,17H. The smallest absolute Gasteiger partial charge is 0.131 e. The number of hydrogen-bond acceptors (Lipinski definition) is 5. The zero-order chi connectivity index (χ0) is 13.1. The average Bonchev–Trinajstić information content (AvgIpc) is 3.09. The molecule has 0 amide bonds. The van der Waals surface area contributed by atoms with Gasteiger partial charge in [0.15, 0.2) is 0 Å². The lowest BCUT2D eigenvalue weighted by molar-refractivity contribution is 0.500. The first-order chi connectivity index (χ1) is 9.33. The molecule has 0 bridgehead atoms. The molecule has 0 spiro atoms. The fourth-order valence-corrected chi connectivity index (χ4v) is 2.88. The quantitative estimate of drug-likeness (QED) is 0.790. The number of anilines is 1. The van der Waals surface area contributed by atoms with Crippen LogP contribution in [0.2, 0.25) is 4.34 Å². The van der Waals surface area contributed by atoms with Gasteiger partial charge >= 0.3 is 0 Å². The molecule has 0 saturated heterocycles. The summed E-state index contributed by atoms with van der Waals surface area (Å²) in [6, 6.07) is 7.55. The molecule has 3 rings (SSSR count). The van der Waals surface area contributed by atoms with Crippen molar-refractivity contribution in [3.05, 3.63) is 64.2 Å². The second-order valence-corrected chi connectivity index (χ2v) is 5.61. The highest BCUT2D eigenvalue weighted by Crippen LogP contribution is 2.33. The third-order valence-corrected chi connectivity index (χ3v) is 3.87. The van der Waals surface area contributed by atoms with Crippen LogP contribution in [0.1, 0.15) is 16.7 Å². The predicted octanol–water partition coefficient (Wildman–Crippen LogP) is 3.99. The molecule has 1 unspecified atom stereocenters. The van der Waals surface area contributed by atoms with Gasteiger partial charge in [-0.3, -0.25) is 0 Å². The minimum atomic E-state index is -0.0986. The molecule has 0 aliphatic carbocycles. The monoisotopic (exact) mass is 291 g/mol. The topological polar surface area (TPSA) is 51.0 Å².